The fraction of sp³-hybridized carbons (Fsp3) is 0.417. The lowest BCUT2D eigenvalue weighted by Gasteiger charge is -2.36. The quantitative estimate of drug-likeness (QED) is 0.360. The highest BCUT2D eigenvalue weighted by atomic mass is 32.2. The molecule has 0 radical (unpaired) electrons. The van der Waals surface area contributed by atoms with E-state index in [1.807, 2.05) is 42.7 Å². The van der Waals surface area contributed by atoms with Gasteiger partial charge in [-0.15, -0.1) is 0 Å². The van der Waals surface area contributed by atoms with E-state index < -0.39 is 15.2 Å². The summed E-state index contributed by atoms with van der Waals surface area (Å²) in [5, 5.41) is 16.2. The van der Waals surface area contributed by atoms with Gasteiger partial charge in [-0.2, -0.15) is 5.26 Å². The first kappa shape index (κ1) is 21.9. The average Bonchev–Trinajstić information content (AvgIpc) is 3.31. The number of fused-ring (bicyclic) bond motifs is 2. The van der Waals surface area contributed by atoms with E-state index in [0.717, 1.165) is 24.0 Å². The first-order valence-electron chi connectivity index (χ1n) is 10.3. The van der Waals surface area contributed by atoms with Crippen molar-refractivity contribution in [2.75, 3.05) is 5.75 Å². The molecule has 0 spiro atoms. The topological polar surface area (TPSA) is 79.5 Å². The molecule has 0 aromatic heterocycles. The number of hydrogen-bond donors (Lipinski definition) is 0. The fourth-order valence-electron chi connectivity index (χ4n) is 5.29. The fourth-order valence-corrected chi connectivity index (χ4v) is 7.74. The van der Waals surface area contributed by atoms with Crippen molar-refractivity contribution in [3.8, 4) is 6.07 Å². The maximum Gasteiger partial charge on any atom is 0.150 e. The number of nitriles is 1. The number of nitrogens with zero attached hydrogens (tertiary/aromatic N) is 2. The van der Waals surface area contributed by atoms with Gasteiger partial charge in [0.25, 0.3) is 0 Å². The number of ketones is 1. The van der Waals surface area contributed by atoms with E-state index in [2.05, 4.69) is 30.9 Å². The Balaban J connectivity index is 1.62. The monoisotopic (exact) mass is 454 g/mol. The lowest BCUT2D eigenvalue weighted by atomic mass is 9.70. The first-order chi connectivity index (χ1) is 14.6. The summed E-state index contributed by atoms with van der Waals surface area (Å²) in [6, 6.07) is 9.92. The second kappa shape index (κ2) is 7.68. The predicted octanol–water partition coefficient (Wildman–Crippen LogP) is 4.89. The highest BCUT2D eigenvalue weighted by Gasteiger charge is 2.65. The van der Waals surface area contributed by atoms with Crippen molar-refractivity contribution >= 4 is 43.8 Å². The summed E-state index contributed by atoms with van der Waals surface area (Å²) in [6.07, 6.45) is 4.05. The number of Topliss-reactive ketones (excluding diaryl/α,β-unsaturated/α-hetero) is 1. The minimum atomic E-state index is -3.08. The number of benzene rings is 1. The van der Waals surface area contributed by atoms with Crippen molar-refractivity contribution < 1.29 is 13.3 Å². The van der Waals surface area contributed by atoms with Crippen LogP contribution in [-0.2, 0) is 18.9 Å². The van der Waals surface area contributed by atoms with Crippen LogP contribution in [0.15, 0.2) is 46.5 Å². The van der Waals surface area contributed by atoms with E-state index in [1.54, 1.807) is 0 Å². The molecular formula is C24H26N2O3S2. The van der Waals surface area contributed by atoms with Crippen LogP contribution in [0.3, 0.4) is 0 Å². The molecule has 3 unspecified atom stereocenters. The largest absolute Gasteiger partial charge is 0.302 e. The maximum absolute atomic E-state index is 13.3. The molecule has 1 aromatic carbocycles. The Hall–Kier alpha value is -2.30. The summed E-state index contributed by atoms with van der Waals surface area (Å²) >= 11 is 1.31. The molecule has 3 aliphatic rings. The zero-order chi connectivity index (χ0) is 22.4. The first-order valence-corrected chi connectivity index (χ1v) is 13.0. The van der Waals surface area contributed by atoms with E-state index >= 15 is 0 Å². The van der Waals surface area contributed by atoms with Gasteiger partial charge in [-0.25, -0.2) is 4.21 Å². The Morgan fingerprint density at radius 3 is 2.77 bits per heavy atom. The second-order valence-electron chi connectivity index (χ2n) is 9.16. The van der Waals surface area contributed by atoms with E-state index in [9.17, 15) is 14.3 Å². The highest BCUT2D eigenvalue weighted by Crippen LogP contribution is 2.64. The van der Waals surface area contributed by atoms with E-state index in [4.69, 9.17) is 4.28 Å². The third-order valence-electron chi connectivity index (χ3n) is 7.30. The molecule has 1 aromatic rings. The Labute approximate surface area is 188 Å². The van der Waals surface area contributed by atoms with Crippen molar-refractivity contribution in [1.82, 2.24) is 0 Å². The van der Waals surface area contributed by atoms with E-state index in [-0.39, 0.29) is 17.0 Å². The van der Waals surface area contributed by atoms with Gasteiger partial charge in [-0.3, -0.25) is 4.79 Å². The highest BCUT2D eigenvalue weighted by molar-refractivity contribution is 8.17. The van der Waals surface area contributed by atoms with Gasteiger partial charge in [0.15, 0.2) is 0 Å². The van der Waals surface area contributed by atoms with Crippen molar-refractivity contribution in [3.05, 3.63) is 52.4 Å². The summed E-state index contributed by atoms with van der Waals surface area (Å²) < 4.78 is 18.8. The molecule has 0 amide bonds. The molecule has 1 heterocycles. The minimum Gasteiger partial charge on any atom is -0.302 e. The molecule has 0 saturated heterocycles. The molecule has 31 heavy (non-hydrogen) atoms. The van der Waals surface area contributed by atoms with Gasteiger partial charge in [0.1, 0.15) is 26.7 Å². The summed E-state index contributed by atoms with van der Waals surface area (Å²) in [5.74, 6) is 4.39. The number of rotatable bonds is 5. The van der Waals surface area contributed by atoms with Crippen LogP contribution < -0.4 is 0 Å². The Morgan fingerprint density at radius 2 is 2.16 bits per heavy atom. The Morgan fingerprint density at radius 1 is 1.42 bits per heavy atom. The van der Waals surface area contributed by atoms with Gasteiger partial charge in [-0.05, 0) is 59.6 Å². The summed E-state index contributed by atoms with van der Waals surface area (Å²) in [6.45, 7) is 6.13. The number of carbonyl (C=O) groups is 1. The number of oxime groups is 1. The molecule has 5 nitrogen and oxygen atoms in total. The minimum absolute atomic E-state index is 0.0825. The van der Waals surface area contributed by atoms with Crippen LogP contribution in [0.4, 0.5) is 0 Å². The van der Waals surface area contributed by atoms with Crippen molar-refractivity contribution in [2.24, 2.45) is 21.9 Å². The van der Waals surface area contributed by atoms with Crippen molar-refractivity contribution in [3.63, 3.8) is 0 Å². The zero-order valence-corrected chi connectivity index (χ0v) is 19.6. The molecular weight excluding hydrogens is 428 g/mol. The lowest BCUT2D eigenvalue weighted by Crippen LogP contribution is -2.42. The normalized spacial score (nSPS) is 31.0. The number of carbonyl (C=O) groups excluding carboxylic acids is 1. The second-order valence-corrected chi connectivity index (χ2v) is 12.0. The van der Waals surface area contributed by atoms with Gasteiger partial charge in [0, 0.05) is 17.4 Å². The molecule has 2 fully saturated rings. The number of hydrogen-bond acceptors (Lipinski definition) is 6. The van der Waals surface area contributed by atoms with Crippen LogP contribution in [0, 0.1) is 35.0 Å². The smallest absolute Gasteiger partial charge is 0.150 e. The molecule has 0 N–H and O–H groups in total. The molecule has 1 aliphatic heterocycles. The summed E-state index contributed by atoms with van der Waals surface area (Å²) in [4.78, 5) is 12.8. The van der Waals surface area contributed by atoms with Gasteiger partial charge >= 0.3 is 0 Å². The van der Waals surface area contributed by atoms with Gasteiger partial charge in [-0.1, -0.05) is 55.0 Å². The standard InChI is InChI=1S/C24H26N2O3S2/c1-16-7-5-6-8-18(16)20(14-25)19-10-12-30-22(19)26-29-31(4,28)15-24-11-9-17(13-21(24)27)23(24,2)3/h5-8,10,12,17H,4,9,11,13,15H2,1-3H3/b20-19+,26-22-. The van der Waals surface area contributed by atoms with Crippen LogP contribution in [-0.4, -0.2) is 26.7 Å². The summed E-state index contributed by atoms with van der Waals surface area (Å²) in [5.41, 5.74) is 2.05. The Kier molecular flexibility index (Phi) is 5.43. The number of allylic oxidation sites excluding steroid dienone is 2. The van der Waals surface area contributed by atoms with Crippen LogP contribution in [0.2, 0.25) is 0 Å². The third-order valence-corrected chi connectivity index (χ3v) is 9.37. The predicted molar refractivity (Wildman–Crippen MR) is 128 cm³/mol. The van der Waals surface area contributed by atoms with Gasteiger partial charge in [0.2, 0.25) is 0 Å². The van der Waals surface area contributed by atoms with Crippen molar-refractivity contribution in [1.29, 1.82) is 5.26 Å². The maximum atomic E-state index is 13.3. The molecule has 2 saturated carbocycles. The molecule has 2 aliphatic carbocycles. The number of thioether (sulfide) groups is 1. The van der Waals surface area contributed by atoms with E-state index in [0.29, 0.717) is 28.5 Å². The zero-order valence-electron chi connectivity index (χ0n) is 18.0. The van der Waals surface area contributed by atoms with Gasteiger partial charge in [0.05, 0.1) is 11.3 Å². The molecule has 7 heteroatoms. The van der Waals surface area contributed by atoms with Crippen molar-refractivity contribution in [2.45, 2.75) is 40.0 Å². The molecule has 162 valence electrons. The van der Waals surface area contributed by atoms with Crippen LogP contribution in [0.5, 0.6) is 0 Å². The Bertz CT molecular complexity index is 1190. The van der Waals surface area contributed by atoms with Gasteiger partial charge < -0.3 is 4.28 Å². The van der Waals surface area contributed by atoms with E-state index in [1.165, 1.54) is 11.8 Å². The SMILES string of the molecule is C=S(=O)(CC12CCC(CC1=O)C2(C)C)O/N=C1\SC=C\C1=C(\C#N)c1ccccc1C. The summed E-state index contributed by atoms with van der Waals surface area (Å²) in [7, 11) is -3.08. The van der Waals surface area contributed by atoms with Crippen LogP contribution >= 0.6 is 11.8 Å². The average molecular weight is 455 g/mol. The van der Waals surface area contributed by atoms with Crippen LogP contribution in [0.1, 0.15) is 44.2 Å². The molecule has 4 rings (SSSR count). The molecule has 2 bridgehead atoms. The third kappa shape index (κ3) is 3.56. The lowest BCUT2D eigenvalue weighted by molar-refractivity contribution is -0.128. The number of aryl methyl sites for hydroxylation is 1. The molecule has 3 atom stereocenters. The van der Waals surface area contributed by atoms with Crippen LogP contribution in [0.25, 0.3) is 5.57 Å².